The van der Waals surface area contributed by atoms with Gasteiger partial charge >= 0.3 is 0 Å². The first-order chi connectivity index (χ1) is 9.65. The normalized spacial score (nSPS) is 10.8. The van der Waals surface area contributed by atoms with Crippen LogP contribution in [0.3, 0.4) is 0 Å². The van der Waals surface area contributed by atoms with Gasteiger partial charge in [-0.3, -0.25) is 0 Å². The van der Waals surface area contributed by atoms with E-state index in [0.717, 1.165) is 28.5 Å². The quantitative estimate of drug-likeness (QED) is 0.887. The summed E-state index contributed by atoms with van der Waals surface area (Å²) in [5, 5.41) is 10.2. The summed E-state index contributed by atoms with van der Waals surface area (Å²) in [7, 11) is 1.89. The number of aliphatic hydroxyl groups excluding tert-OH is 1. The molecular weight excluding hydrogens is 275 g/mol. The van der Waals surface area contributed by atoms with Gasteiger partial charge in [-0.05, 0) is 12.5 Å². The predicted molar refractivity (Wildman–Crippen MR) is 80.5 cm³/mol. The van der Waals surface area contributed by atoms with E-state index in [1.807, 2.05) is 18.0 Å². The zero-order valence-electron chi connectivity index (χ0n) is 11.8. The standard InChI is InChI=1S/C15H19FN2OS/c1-3-6-13-14(10-19)20-15(17-13)18(2)9-11-7-4-5-8-12(11)16/h4-5,7-8,19H,3,6,9-10H2,1-2H3. The lowest BCUT2D eigenvalue weighted by Gasteiger charge is -2.16. The van der Waals surface area contributed by atoms with Crippen molar-refractivity contribution < 1.29 is 9.50 Å². The highest BCUT2D eigenvalue weighted by atomic mass is 32.1. The fraction of sp³-hybridized carbons (Fsp3) is 0.400. The summed E-state index contributed by atoms with van der Waals surface area (Å²) >= 11 is 1.48. The molecule has 3 nitrogen and oxygen atoms in total. The molecule has 20 heavy (non-hydrogen) atoms. The number of hydrogen-bond donors (Lipinski definition) is 1. The van der Waals surface area contributed by atoms with Gasteiger partial charge in [-0.25, -0.2) is 9.37 Å². The van der Waals surface area contributed by atoms with E-state index in [9.17, 15) is 9.50 Å². The van der Waals surface area contributed by atoms with Crippen molar-refractivity contribution in [3.05, 3.63) is 46.2 Å². The number of aromatic nitrogens is 1. The lowest BCUT2D eigenvalue weighted by atomic mass is 10.2. The zero-order chi connectivity index (χ0) is 14.5. The minimum atomic E-state index is -0.202. The Morgan fingerprint density at radius 2 is 2.10 bits per heavy atom. The van der Waals surface area contributed by atoms with Crippen molar-refractivity contribution in [3.8, 4) is 0 Å². The molecule has 0 unspecified atom stereocenters. The largest absolute Gasteiger partial charge is 0.391 e. The summed E-state index contributed by atoms with van der Waals surface area (Å²) < 4.78 is 13.7. The van der Waals surface area contributed by atoms with Gasteiger partial charge in [0.25, 0.3) is 0 Å². The van der Waals surface area contributed by atoms with Gasteiger partial charge in [0.05, 0.1) is 17.2 Å². The number of aryl methyl sites for hydroxylation is 1. The van der Waals surface area contributed by atoms with E-state index in [2.05, 4.69) is 11.9 Å². The first-order valence-corrected chi connectivity index (χ1v) is 7.51. The van der Waals surface area contributed by atoms with Crippen LogP contribution in [0, 0.1) is 5.82 Å². The molecule has 0 bridgehead atoms. The number of anilines is 1. The Hall–Kier alpha value is -1.46. The van der Waals surface area contributed by atoms with Gasteiger partial charge in [-0.15, -0.1) is 0 Å². The molecule has 0 aliphatic carbocycles. The van der Waals surface area contributed by atoms with E-state index >= 15 is 0 Å². The Morgan fingerprint density at radius 3 is 2.75 bits per heavy atom. The van der Waals surface area contributed by atoms with Crippen LogP contribution < -0.4 is 4.90 Å². The van der Waals surface area contributed by atoms with Gasteiger partial charge in [0.15, 0.2) is 5.13 Å². The molecule has 0 saturated heterocycles. The van der Waals surface area contributed by atoms with Crippen LogP contribution in [-0.2, 0) is 19.6 Å². The lowest BCUT2D eigenvalue weighted by Crippen LogP contribution is -2.17. The van der Waals surface area contributed by atoms with Crippen LogP contribution in [0.2, 0.25) is 0 Å². The number of halogens is 1. The maximum Gasteiger partial charge on any atom is 0.185 e. The summed E-state index contributed by atoms with van der Waals surface area (Å²) in [4.78, 5) is 7.38. The molecular formula is C15H19FN2OS. The molecule has 2 rings (SSSR count). The maximum atomic E-state index is 13.7. The Labute approximate surface area is 122 Å². The summed E-state index contributed by atoms with van der Waals surface area (Å²) in [6.45, 7) is 2.57. The Bertz CT molecular complexity index is 571. The molecule has 0 atom stereocenters. The van der Waals surface area contributed by atoms with Crippen LogP contribution in [0.25, 0.3) is 0 Å². The molecule has 1 heterocycles. The lowest BCUT2D eigenvalue weighted by molar-refractivity contribution is 0.284. The summed E-state index contributed by atoms with van der Waals surface area (Å²) in [6, 6.07) is 6.76. The number of thiazole rings is 1. The van der Waals surface area contributed by atoms with E-state index in [4.69, 9.17) is 0 Å². The third kappa shape index (κ3) is 3.35. The topological polar surface area (TPSA) is 36.4 Å². The van der Waals surface area contributed by atoms with Crippen LogP contribution in [0.5, 0.6) is 0 Å². The number of aliphatic hydroxyl groups is 1. The monoisotopic (exact) mass is 294 g/mol. The SMILES string of the molecule is CCCc1nc(N(C)Cc2ccccc2F)sc1CO. The van der Waals surface area contributed by atoms with Gasteiger partial charge in [-0.2, -0.15) is 0 Å². The molecule has 0 amide bonds. The van der Waals surface area contributed by atoms with Gasteiger partial charge in [-0.1, -0.05) is 42.9 Å². The molecule has 1 aromatic carbocycles. The van der Waals surface area contributed by atoms with Crippen molar-refractivity contribution in [2.45, 2.75) is 32.9 Å². The molecule has 0 fully saturated rings. The van der Waals surface area contributed by atoms with Crippen molar-refractivity contribution in [1.82, 2.24) is 4.98 Å². The summed E-state index contributed by atoms with van der Waals surface area (Å²) in [5.41, 5.74) is 1.60. The molecule has 1 N–H and O–H groups in total. The molecule has 0 aliphatic heterocycles. The van der Waals surface area contributed by atoms with Crippen molar-refractivity contribution in [3.63, 3.8) is 0 Å². The van der Waals surface area contributed by atoms with Crippen LogP contribution in [-0.4, -0.2) is 17.1 Å². The smallest absolute Gasteiger partial charge is 0.185 e. The minimum Gasteiger partial charge on any atom is -0.391 e. The van der Waals surface area contributed by atoms with E-state index < -0.39 is 0 Å². The first-order valence-electron chi connectivity index (χ1n) is 6.69. The molecule has 5 heteroatoms. The van der Waals surface area contributed by atoms with Crippen LogP contribution >= 0.6 is 11.3 Å². The fourth-order valence-electron chi connectivity index (χ4n) is 2.04. The summed E-state index contributed by atoms with van der Waals surface area (Å²) in [5.74, 6) is -0.202. The highest BCUT2D eigenvalue weighted by Crippen LogP contribution is 2.27. The third-order valence-electron chi connectivity index (χ3n) is 3.09. The Balaban J connectivity index is 2.17. The fourth-order valence-corrected chi connectivity index (χ4v) is 2.97. The van der Waals surface area contributed by atoms with Gasteiger partial charge < -0.3 is 10.0 Å². The van der Waals surface area contributed by atoms with Gasteiger partial charge in [0, 0.05) is 19.2 Å². The van der Waals surface area contributed by atoms with Crippen LogP contribution in [0.1, 0.15) is 29.5 Å². The van der Waals surface area contributed by atoms with Crippen molar-refractivity contribution in [2.75, 3.05) is 11.9 Å². The molecule has 0 spiro atoms. The Kier molecular flexibility index (Phi) is 5.09. The second kappa shape index (κ2) is 6.81. The molecule has 108 valence electrons. The number of rotatable bonds is 6. The average molecular weight is 294 g/mol. The first kappa shape index (κ1) is 14.9. The van der Waals surface area contributed by atoms with Crippen LogP contribution in [0.15, 0.2) is 24.3 Å². The molecule has 1 aromatic heterocycles. The van der Waals surface area contributed by atoms with E-state index in [1.165, 1.54) is 17.4 Å². The number of hydrogen-bond acceptors (Lipinski definition) is 4. The highest BCUT2D eigenvalue weighted by molar-refractivity contribution is 7.15. The van der Waals surface area contributed by atoms with E-state index in [-0.39, 0.29) is 12.4 Å². The van der Waals surface area contributed by atoms with Gasteiger partial charge in [0.2, 0.25) is 0 Å². The second-order valence-corrected chi connectivity index (χ2v) is 5.78. The second-order valence-electron chi connectivity index (χ2n) is 4.72. The van der Waals surface area contributed by atoms with Crippen molar-refractivity contribution in [2.24, 2.45) is 0 Å². The highest BCUT2D eigenvalue weighted by Gasteiger charge is 2.14. The zero-order valence-corrected chi connectivity index (χ0v) is 12.6. The molecule has 2 aromatic rings. The van der Waals surface area contributed by atoms with E-state index in [0.29, 0.717) is 12.1 Å². The Morgan fingerprint density at radius 1 is 1.35 bits per heavy atom. The van der Waals surface area contributed by atoms with Gasteiger partial charge in [0.1, 0.15) is 5.82 Å². The minimum absolute atomic E-state index is 0.0144. The molecule has 0 aliphatic rings. The van der Waals surface area contributed by atoms with Crippen molar-refractivity contribution in [1.29, 1.82) is 0 Å². The number of nitrogens with zero attached hydrogens (tertiary/aromatic N) is 2. The summed E-state index contributed by atoms with van der Waals surface area (Å²) in [6.07, 6.45) is 1.85. The molecule has 0 radical (unpaired) electrons. The van der Waals surface area contributed by atoms with E-state index in [1.54, 1.807) is 12.1 Å². The van der Waals surface area contributed by atoms with Crippen LogP contribution in [0.4, 0.5) is 9.52 Å². The van der Waals surface area contributed by atoms with Crippen molar-refractivity contribution >= 4 is 16.5 Å². The average Bonchev–Trinajstić information content (AvgIpc) is 2.85. The maximum absolute atomic E-state index is 13.7. The molecule has 0 saturated carbocycles. The predicted octanol–water partition coefficient (Wildman–Crippen LogP) is 3.36. The number of benzene rings is 1. The third-order valence-corrected chi connectivity index (χ3v) is 4.29.